The van der Waals surface area contributed by atoms with Crippen molar-refractivity contribution in [1.29, 1.82) is 0 Å². The van der Waals surface area contributed by atoms with Gasteiger partial charge in [0.05, 0.1) is 13.1 Å². The van der Waals surface area contributed by atoms with Gasteiger partial charge < -0.3 is 12.4 Å². The van der Waals surface area contributed by atoms with Gasteiger partial charge >= 0.3 is 0 Å². The Labute approximate surface area is 62.4 Å². The molecule has 0 aromatic carbocycles. The first-order valence-electron chi connectivity index (χ1n) is 3.20. The first-order valence-corrected chi connectivity index (χ1v) is 3.20. The van der Waals surface area contributed by atoms with Crippen molar-refractivity contribution in [3.8, 4) is 0 Å². The van der Waals surface area contributed by atoms with Gasteiger partial charge in [0.15, 0.2) is 5.84 Å². The van der Waals surface area contributed by atoms with Crippen molar-refractivity contribution < 1.29 is 17.3 Å². The summed E-state index contributed by atoms with van der Waals surface area (Å²) < 4.78 is 0. The average molecular weight is 149 g/mol. The third kappa shape index (κ3) is 1.95. The second kappa shape index (κ2) is 3.85. The number of rotatable bonds is 1. The summed E-state index contributed by atoms with van der Waals surface area (Å²) in [5, 5.41) is 0. The van der Waals surface area contributed by atoms with E-state index in [-0.39, 0.29) is 12.4 Å². The highest BCUT2D eigenvalue weighted by Crippen LogP contribution is 1.74. The van der Waals surface area contributed by atoms with Gasteiger partial charge in [-0.25, -0.2) is 4.99 Å². The molecule has 0 fully saturated rings. The molecule has 0 saturated heterocycles. The van der Waals surface area contributed by atoms with Gasteiger partial charge in [0.25, 0.3) is 0 Å². The van der Waals surface area contributed by atoms with Gasteiger partial charge in [-0.3, -0.25) is 4.90 Å². The van der Waals surface area contributed by atoms with Crippen molar-refractivity contribution in [1.82, 2.24) is 0 Å². The van der Waals surface area contributed by atoms with Crippen LogP contribution in [-0.2, 0) is 0 Å². The van der Waals surface area contributed by atoms with E-state index in [0.29, 0.717) is 0 Å². The SMILES string of the molecule is CC[NH+]1CCN=C1C.[Cl-]. The summed E-state index contributed by atoms with van der Waals surface area (Å²) in [4.78, 5) is 5.81. The molecule has 0 radical (unpaired) electrons. The van der Waals surface area contributed by atoms with Gasteiger partial charge in [-0.1, -0.05) is 0 Å². The molecule has 0 aliphatic carbocycles. The molecule has 0 aromatic rings. The number of quaternary nitrogens is 1. The van der Waals surface area contributed by atoms with Crippen molar-refractivity contribution in [3.63, 3.8) is 0 Å². The normalized spacial score (nSPS) is 25.1. The fourth-order valence-corrected chi connectivity index (χ4v) is 1.08. The highest BCUT2D eigenvalue weighted by molar-refractivity contribution is 5.71. The molecule has 2 nitrogen and oxygen atoms in total. The van der Waals surface area contributed by atoms with E-state index in [0.717, 1.165) is 6.54 Å². The van der Waals surface area contributed by atoms with Crippen molar-refractivity contribution in [2.45, 2.75) is 13.8 Å². The van der Waals surface area contributed by atoms with Gasteiger partial charge in [-0.2, -0.15) is 0 Å². The molecular weight excluding hydrogens is 136 g/mol. The Kier molecular flexibility index (Phi) is 3.82. The number of nitrogens with zero attached hydrogens (tertiary/aromatic N) is 1. The minimum atomic E-state index is 0. The standard InChI is InChI=1S/C6H12N2.ClH/c1-3-8-5-4-7-6(8)2;/h3-5H2,1-2H3;1H. The van der Waals surface area contributed by atoms with Crippen LogP contribution < -0.4 is 17.3 Å². The highest BCUT2D eigenvalue weighted by atomic mass is 35.5. The summed E-state index contributed by atoms with van der Waals surface area (Å²) in [5.74, 6) is 1.28. The van der Waals surface area contributed by atoms with Crippen LogP contribution in [0.4, 0.5) is 0 Å². The summed E-state index contributed by atoms with van der Waals surface area (Å²) in [7, 11) is 0. The second-order valence-electron chi connectivity index (χ2n) is 2.17. The highest BCUT2D eigenvalue weighted by Gasteiger charge is 2.14. The van der Waals surface area contributed by atoms with Crippen LogP contribution in [-0.4, -0.2) is 25.5 Å². The lowest BCUT2D eigenvalue weighted by molar-refractivity contribution is -0.796. The van der Waals surface area contributed by atoms with Crippen LogP contribution >= 0.6 is 0 Å². The predicted molar refractivity (Wildman–Crippen MR) is 34.3 cm³/mol. The first-order chi connectivity index (χ1) is 3.84. The Balaban J connectivity index is 0.000000640. The minimum Gasteiger partial charge on any atom is -1.00 e. The van der Waals surface area contributed by atoms with Gasteiger partial charge in [-0.05, 0) is 6.92 Å². The number of nitrogens with one attached hydrogen (secondary N) is 1. The molecule has 1 aliphatic heterocycles. The number of hydrogen-bond acceptors (Lipinski definition) is 1. The zero-order valence-electron chi connectivity index (χ0n) is 5.95. The lowest BCUT2D eigenvalue weighted by Crippen LogP contribution is -3.12. The fraction of sp³-hybridized carbons (Fsp3) is 0.833. The van der Waals surface area contributed by atoms with Gasteiger partial charge in [0.1, 0.15) is 6.54 Å². The van der Waals surface area contributed by atoms with E-state index in [1.807, 2.05) is 0 Å². The zero-order valence-corrected chi connectivity index (χ0v) is 6.70. The molecule has 9 heavy (non-hydrogen) atoms. The third-order valence-corrected chi connectivity index (χ3v) is 1.70. The molecule has 54 valence electrons. The smallest absolute Gasteiger partial charge is 0.193 e. The molecule has 1 aliphatic rings. The van der Waals surface area contributed by atoms with Crippen LogP contribution in [0.2, 0.25) is 0 Å². The van der Waals surface area contributed by atoms with E-state index in [1.165, 1.54) is 18.9 Å². The lowest BCUT2D eigenvalue weighted by atomic mass is 10.5. The van der Waals surface area contributed by atoms with Crippen molar-refractivity contribution in [3.05, 3.63) is 0 Å². The Bertz CT molecular complexity index is 112. The molecule has 1 atom stereocenters. The molecular formula is C6H13ClN2. The maximum Gasteiger partial charge on any atom is 0.193 e. The molecule has 1 heterocycles. The largest absolute Gasteiger partial charge is 1.00 e. The summed E-state index contributed by atoms with van der Waals surface area (Å²) in [6.45, 7) is 7.73. The molecule has 3 heteroatoms. The van der Waals surface area contributed by atoms with E-state index in [2.05, 4.69) is 18.8 Å². The van der Waals surface area contributed by atoms with Crippen LogP contribution in [0.3, 0.4) is 0 Å². The third-order valence-electron chi connectivity index (χ3n) is 1.70. The Morgan fingerprint density at radius 2 is 2.33 bits per heavy atom. The van der Waals surface area contributed by atoms with Crippen LogP contribution in [0.5, 0.6) is 0 Å². The summed E-state index contributed by atoms with van der Waals surface area (Å²) in [5.41, 5.74) is 0. The van der Waals surface area contributed by atoms with Crippen molar-refractivity contribution in [2.75, 3.05) is 19.6 Å². The fourth-order valence-electron chi connectivity index (χ4n) is 1.08. The summed E-state index contributed by atoms with van der Waals surface area (Å²) in [6, 6.07) is 0. The van der Waals surface area contributed by atoms with Crippen LogP contribution in [0, 0.1) is 0 Å². The zero-order chi connectivity index (χ0) is 5.98. The Hall–Kier alpha value is -0.0800. The molecule has 0 bridgehead atoms. The molecule has 1 N–H and O–H groups in total. The molecule has 0 aromatic heterocycles. The number of amidine groups is 1. The topological polar surface area (TPSA) is 16.8 Å². The quantitative estimate of drug-likeness (QED) is 0.395. The molecule has 0 saturated carbocycles. The summed E-state index contributed by atoms with van der Waals surface area (Å²) >= 11 is 0. The van der Waals surface area contributed by atoms with E-state index >= 15 is 0 Å². The summed E-state index contributed by atoms with van der Waals surface area (Å²) in [6.07, 6.45) is 0. The number of aliphatic imine (C=N–C) groups is 1. The van der Waals surface area contributed by atoms with Gasteiger partial charge in [0, 0.05) is 6.92 Å². The average Bonchev–Trinajstić information content (AvgIpc) is 2.14. The molecule has 0 amide bonds. The second-order valence-corrected chi connectivity index (χ2v) is 2.17. The molecule has 1 rings (SSSR count). The van der Waals surface area contributed by atoms with E-state index in [9.17, 15) is 0 Å². The van der Waals surface area contributed by atoms with Crippen LogP contribution in [0.15, 0.2) is 4.99 Å². The van der Waals surface area contributed by atoms with E-state index in [1.54, 1.807) is 4.90 Å². The van der Waals surface area contributed by atoms with Crippen molar-refractivity contribution in [2.24, 2.45) is 4.99 Å². The van der Waals surface area contributed by atoms with Gasteiger partial charge in [-0.15, -0.1) is 0 Å². The Morgan fingerprint density at radius 3 is 2.56 bits per heavy atom. The molecule has 0 spiro atoms. The number of halogens is 1. The van der Waals surface area contributed by atoms with Crippen LogP contribution in [0.25, 0.3) is 0 Å². The number of hydrogen-bond donors (Lipinski definition) is 1. The maximum atomic E-state index is 4.27. The minimum absolute atomic E-state index is 0. The predicted octanol–water partition coefficient (Wildman–Crippen LogP) is -3.67. The van der Waals surface area contributed by atoms with E-state index in [4.69, 9.17) is 0 Å². The van der Waals surface area contributed by atoms with Crippen molar-refractivity contribution >= 4 is 5.84 Å². The monoisotopic (exact) mass is 148 g/mol. The lowest BCUT2D eigenvalue weighted by Gasteiger charge is -2.06. The van der Waals surface area contributed by atoms with Gasteiger partial charge in [0.2, 0.25) is 0 Å². The maximum absolute atomic E-state index is 4.27. The van der Waals surface area contributed by atoms with Crippen LogP contribution in [0.1, 0.15) is 13.8 Å². The first kappa shape index (κ1) is 8.92. The molecule has 1 unspecified atom stereocenters. The number of likely N-dealkylation sites (N-methyl/N-ethyl adjacent to an activating group) is 1. The Morgan fingerprint density at radius 1 is 1.67 bits per heavy atom. The van der Waals surface area contributed by atoms with E-state index < -0.39 is 0 Å².